The number of dihydropyridines is 1. The molecule has 0 bridgehead atoms. The van der Waals surface area contributed by atoms with E-state index in [4.69, 9.17) is 4.74 Å². The van der Waals surface area contributed by atoms with Gasteiger partial charge in [-0.2, -0.15) is 0 Å². The maximum absolute atomic E-state index is 14.2. The number of ether oxygens (including phenoxy) is 1. The third-order valence-electron chi connectivity index (χ3n) is 4.30. The van der Waals surface area contributed by atoms with Crippen LogP contribution in [0.15, 0.2) is 34.7 Å². The molecule has 2 aliphatic rings. The molecule has 5 nitrogen and oxygen atoms in total. The van der Waals surface area contributed by atoms with Crippen LogP contribution in [-0.4, -0.2) is 30.3 Å². The molecule has 0 spiro atoms. The minimum absolute atomic E-state index is 0.0831. The van der Waals surface area contributed by atoms with E-state index in [2.05, 4.69) is 5.32 Å². The predicted molar refractivity (Wildman–Crippen MR) is 80.4 cm³/mol. The molecule has 0 saturated heterocycles. The second-order valence-electron chi connectivity index (χ2n) is 5.86. The number of carboxylic acid groups (broad SMARTS) is 1. The third kappa shape index (κ3) is 2.73. The number of cyclic esters (lactones) is 1. The van der Waals surface area contributed by atoms with Gasteiger partial charge in [0.2, 0.25) is 0 Å². The zero-order valence-corrected chi connectivity index (χ0v) is 13.4. The number of halogens is 4. The maximum Gasteiger partial charge on any atom is 0.337 e. The summed E-state index contributed by atoms with van der Waals surface area (Å²) in [6.45, 7) is -0.524. The monoisotopic (exact) mass is 371 g/mol. The van der Waals surface area contributed by atoms with E-state index in [0.717, 1.165) is 13.0 Å². The Labute approximate surface area is 144 Å². The van der Waals surface area contributed by atoms with Crippen molar-refractivity contribution in [1.29, 1.82) is 0 Å². The van der Waals surface area contributed by atoms with Gasteiger partial charge in [0.15, 0.2) is 0 Å². The highest BCUT2D eigenvalue weighted by Gasteiger charge is 2.44. The van der Waals surface area contributed by atoms with Gasteiger partial charge in [-0.25, -0.2) is 27.2 Å². The first kappa shape index (κ1) is 18.0. The molecule has 0 saturated carbocycles. The van der Waals surface area contributed by atoms with Crippen LogP contribution in [0.4, 0.5) is 17.6 Å². The first-order valence-electron chi connectivity index (χ1n) is 7.58. The number of alkyl halides is 2. The lowest BCUT2D eigenvalue weighted by atomic mass is 9.78. The molecule has 2 atom stereocenters. The fourth-order valence-electron chi connectivity index (χ4n) is 3.31. The number of hydrogen-bond acceptors (Lipinski definition) is 4. The Morgan fingerprint density at radius 3 is 2.69 bits per heavy atom. The lowest BCUT2D eigenvalue weighted by molar-refractivity contribution is -0.136. The summed E-state index contributed by atoms with van der Waals surface area (Å²) < 4.78 is 60.3. The van der Waals surface area contributed by atoms with E-state index < -0.39 is 59.0 Å². The molecule has 26 heavy (non-hydrogen) atoms. The summed E-state index contributed by atoms with van der Waals surface area (Å²) >= 11 is 0. The first-order valence-corrected chi connectivity index (χ1v) is 7.58. The van der Waals surface area contributed by atoms with Crippen molar-refractivity contribution in [2.75, 3.05) is 13.3 Å². The molecule has 9 heteroatoms. The molecule has 2 N–H and O–H groups in total. The van der Waals surface area contributed by atoms with Crippen LogP contribution >= 0.6 is 0 Å². The molecule has 2 aliphatic heterocycles. The van der Waals surface area contributed by atoms with Gasteiger partial charge in [-0.1, -0.05) is 0 Å². The van der Waals surface area contributed by atoms with E-state index in [0.29, 0.717) is 6.07 Å². The molecule has 0 aliphatic carbocycles. The molecular weight excluding hydrogens is 358 g/mol. The van der Waals surface area contributed by atoms with Crippen molar-refractivity contribution in [3.8, 4) is 0 Å². The van der Waals surface area contributed by atoms with Gasteiger partial charge in [0.1, 0.15) is 31.1 Å². The van der Waals surface area contributed by atoms with Crippen LogP contribution in [0.2, 0.25) is 0 Å². The number of carbonyl (C=O) groups is 2. The zero-order valence-electron chi connectivity index (χ0n) is 13.4. The summed E-state index contributed by atoms with van der Waals surface area (Å²) in [6.07, 6.45) is -1.93. The van der Waals surface area contributed by atoms with Gasteiger partial charge in [-0.15, -0.1) is 0 Å². The molecule has 0 aromatic heterocycles. The number of benzene rings is 1. The van der Waals surface area contributed by atoms with Crippen molar-refractivity contribution in [2.24, 2.45) is 0 Å². The first-order chi connectivity index (χ1) is 12.3. The predicted octanol–water partition coefficient (Wildman–Crippen LogP) is 2.80. The topological polar surface area (TPSA) is 75.6 Å². The summed E-state index contributed by atoms with van der Waals surface area (Å²) in [7, 11) is 0. The van der Waals surface area contributed by atoms with Crippen LogP contribution in [0.5, 0.6) is 0 Å². The third-order valence-corrected chi connectivity index (χ3v) is 4.30. The lowest BCUT2D eigenvalue weighted by Gasteiger charge is -2.28. The van der Waals surface area contributed by atoms with E-state index in [-0.39, 0.29) is 23.6 Å². The van der Waals surface area contributed by atoms with Crippen LogP contribution < -0.4 is 5.32 Å². The summed E-state index contributed by atoms with van der Waals surface area (Å²) in [5.74, 6) is -6.41. The number of nitrogens with one attached hydrogen (secondary N) is 1. The molecule has 138 valence electrons. The van der Waals surface area contributed by atoms with Crippen molar-refractivity contribution in [2.45, 2.75) is 19.0 Å². The average Bonchev–Trinajstić information content (AvgIpc) is 2.92. The van der Waals surface area contributed by atoms with Crippen LogP contribution in [0.3, 0.4) is 0 Å². The van der Waals surface area contributed by atoms with E-state index in [9.17, 15) is 32.3 Å². The minimum atomic E-state index is -1.93. The number of carbonyl (C=O) groups excluding carboxylic acids is 1. The van der Waals surface area contributed by atoms with E-state index in [1.165, 1.54) is 0 Å². The highest BCUT2D eigenvalue weighted by Crippen LogP contribution is 2.44. The quantitative estimate of drug-likeness (QED) is 0.629. The number of allylic oxidation sites excluding steroid dienone is 1. The van der Waals surface area contributed by atoms with Gasteiger partial charge in [0.25, 0.3) is 0 Å². The standard InChI is InChI=1S/C17H13F4NO4/c1-6(19)12-8(2-7(20)3-9(12)21)13-14(16(23)24)10(4-18)22-11-5-26-17(25)15(11)13/h2-3,6,13,22H,4-5H2,1H3,(H,23,24)/t6?,13-/m1/s1. The molecule has 0 amide bonds. The van der Waals surface area contributed by atoms with Gasteiger partial charge in [0, 0.05) is 11.6 Å². The fourth-order valence-corrected chi connectivity index (χ4v) is 3.31. The number of rotatable bonds is 4. The number of hydrogen-bond donors (Lipinski definition) is 2. The van der Waals surface area contributed by atoms with E-state index in [1.807, 2.05) is 0 Å². The van der Waals surface area contributed by atoms with Gasteiger partial charge < -0.3 is 15.2 Å². The molecule has 1 aromatic carbocycles. The molecule has 1 aromatic rings. The Bertz CT molecular complexity index is 876. The second kappa shape index (κ2) is 6.47. The van der Waals surface area contributed by atoms with Crippen molar-refractivity contribution in [1.82, 2.24) is 5.32 Å². The second-order valence-corrected chi connectivity index (χ2v) is 5.86. The molecule has 1 unspecified atom stereocenters. The lowest BCUT2D eigenvalue weighted by Crippen LogP contribution is -2.32. The van der Waals surface area contributed by atoms with Crippen molar-refractivity contribution >= 4 is 11.9 Å². The van der Waals surface area contributed by atoms with Gasteiger partial charge in [-0.3, -0.25) is 0 Å². The molecule has 0 fully saturated rings. The van der Waals surface area contributed by atoms with E-state index >= 15 is 0 Å². The SMILES string of the molecule is CC(F)c1c(F)cc(F)cc1[C@@H]1C(C(=O)O)=C(CF)NC2=C1C(=O)OC2. The van der Waals surface area contributed by atoms with E-state index in [1.54, 1.807) is 0 Å². The van der Waals surface area contributed by atoms with Crippen LogP contribution in [0.25, 0.3) is 0 Å². The van der Waals surface area contributed by atoms with Gasteiger partial charge in [-0.05, 0) is 18.6 Å². The highest BCUT2D eigenvalue weighted by atomic mass is 19.1. The Morgan fingerprint density at radius 2 is 2.12 bits per heavy atom. The molecule has 0 radical (unpaired) electrons. The molecule has 2 heterocycles. The Balaban J connectivity index is 2.35. The van der Waals surface area contributed by atoms with Gasteiger partial charge >= 0.3 is 11.9 Å². The largest absolute Gasteiger partial charge is 0.478 e. The smallest absolute Gasteiger partial charge is 0.337 e. The Kier molecular flexibility index (Phi) is 4.47. The van der Waals surface area contributed by atoms with Crippen LogP contribution in [-0.2, 0) is 14.3 Å². The van der Waals surface area contributed by atoms with Crippen molar-refractivity contribution in [3.05, 3.63) is 57.4 Å². The van der Waals surface area contributed by atoms with Crippen molar-refractivity contribution < 1.29 is 37.0 Å². The Hall–Kier alpha value is -2.84. The minimum Gasteiger partial charge on any atom is -0.478 e. The number of aliphatic carboxylic acids is 1. The molecule has 3 rings (SSSR count). The fraction of sp³-hybridized carbons (Fsp3) is 0.294. The zero-order chi connectivity index (χ0) is 19.2. The van der Waals surface area contributed by atoms with Gasteiger partial charge in [0.05, 0.1) is 28.5 Å². The van der Waals surface area contributed by atoms with Crippen molar-refractivity contribution in [3.63, 3.8) is 0 Å². The van der Waals surface area contributed by atoms with Crippen LogP contribution in [0.1, 0.15) is 30.1 Å². The summed E-state index contributed by atoms with van der Waals surface area (Å²) in [5.41, 5.74) is -2.15. The number of esters is 1. The average molecular weight is 371 g/mol. The summed E-state index contributed by atoms with van der Waals surface area (Å²) in [6, 6.07) is 1.21. The molecular formula is C17H13F4NO4. The summed E-state index contributed by atoms with van der Waals surface area (Å²) in [5, 5.41) is 12.0. The maximum atomic E-state index is 14.2. The summed E-state index contributed by atoms with van der Waals surface area (Å²) in [4.78, 5) is 23.8. The highest BCUT2D eigenvalue weighted by molar-refractivity contribution is 6.00. The Morgan fingerprint density at radius 1 is 1.42 bits per heavy atom. The van der Waals surface area contributed by atoms with Crippen LogP contribution in [0, 0.1) is 11.6 Å². The number of carboxylic acids is 1. The normalized spacial score (nSPS) is 20.7.